The molecule has 8 heteroatoms. The molecule has 8 nitrogen and oxygen atoms in total. The number of hydrogen-bond donors (Lipinski definition) is 3. The maximum Gasteiger partial charge on any atom is 0.234 e. The second kappa shape index (κ2) is 14.4. The van der Waals surface area contributed by atoms with Crippen molar-refractivity contribution in [3.63, 3.8) is 0 Å². The van der Waals surface area contributed by atoms with Crippen molar-refractivity contribution < 1.29 is 29.6 Å². The zero-order valence-electron chi connectivity index (χ0n) is 26.0. The summed E-state index contributed by atoms with van der Waals surface area (Å²) in [5.41, 5.74) is 3.54. The Morgan fingerprint density at radius 3 is 2.41 bits per heavy atom. The number of nitrogens with zero attached hydrogens (tertiary/aromatic N) is 2. The number of amides is 2. The zero-order valence-corrected chi connectivity index (χ0v) is 26.0. The quantitative estimate of drug-likeness (QED) is 0.183. The van der Waals surface area contributed by atoms with E-state index in [1.165, 1.54) is 4.90 Å². The molecule has 0 bridgehead atoms. The van der Waals surface area contributed by atoms with Gasteiger partial charge < -0.3 is 20.1 Å². The van der Waals surface area contributed by atoms with Gasteiger partial charge in [-0.25, -0.2) is 0 Å². The summed E-state index contributed by atoms with van der Waals surface area (Å²) < 4.78 is 6.15. The van der Waals surface area contributed by atoms with E-state index in [4.69, 9.17) is 4.74 Å². The minimum absolute atomic E-state index is 0.100. The monoisotopic (exact) mass is 622 g/mol. The Morgan fingerprint density at radius 2 is 1.70 bits per heavy atom. The van der Waals surface area contributed by atoms with E-state index in [0.717, 1.165) is 48.9 Å². The van der Waals surface area contributed by atoms with E-state index < -0.39 is 23.9 Å². The summed E-state index contributed by atoms with van der Waals surface area (Å²) in [6.45, 7) is -0.220. The number of carbonyl (C=O) groups excluding carboxylic acids is 2. The van der Waals surface area contributed by atoms with Crippen molar-refractivity contribution in [2.45, 2.75) is 63.5 Å². The van der Waals surface area contributed by atoms with Crippen LogP contribution >= 0.6 is 0 Å². The van der Waals surface area contributed by atoms with Crippen molar-refractivity contribution in [1.82, 2.24) is 9.88 Å². The molecule has 0 spiro atoms. The predicted octanol–water partition coefficient (Wildman–Crippen LogP) is 5.79. The van der Waals surface area contributed by atoms with Crippen LogP contribution in [0.25, 0.3) is 11.6 Å². The molecule has 0 unspecified atom stereocenters. The van der Waals surface area contributed by atoms with Crippen LogP contribution in [0.2, 0.25) is 0 Å². The first-order valence-corrected chi connectivity index (χ1v) is 16.4. The topological polar surface area (TPSA) is 120 Å². The van der Waals surface area contributed by atoms with Crippen molar-refractivity contribution >= 4 is 23.5 Å². The SMILES string of the molecule is O=C1[C@@H]2[C@@H](CC(COc3ccccc3)=C([C@H](O)CC/C(=C/c3ccccc3O)c3ccccn3)[C@@H]2CO)C(=O)N1C1CCCCC1. The van der Waals surface area contributed by atoms with Gasteiger partial charge in [-0.2, -0.15) is 0 Å². The number of para-hydroxylation sites is 2. The lowest BCUT2D eigenvalue weighted by Gasteiger charge is -2.36. The van der Waals surface area contributed by atoms with E-state index in [9.17, 15) is 24.9 Å². The van der Waals surface area contributed by atoms with E-state index in [-0.39, 0.29) is 43.2 Å². The predicted molar refractivity (Wildman–Crippen MR) is 175 cm³/mol. The number of aromatic nitrogens is 1. The third-order valence-electron chi connectivity index (χ3n) is 9.82. The number of aromatic hydroxyl groups is 1. The molecule has 6 rings (SSSR count). The summed E-state index contributed by atoms with van der Waals surface area (Å²) in [6.07, 6.45) is 8.29. The molecule has 46 heavy (non-hydrogen) atoms. The van der Waals surface area contributed by atoms with Gasteiger partial charge in [0, 0.05) is 23.7 Å². The van der Waals surface area contributed by atoms with Gasteiger partial charge in [0.1, 0.15) is 18.1 Å². The number of pyridine rings is 1. The summed E-state index contributed by atoms with van der Waals surface area (Å²) >= 11 is 0. The van der Waals surface area contributed by atoms with Crippen LogP contribution in [0.3, 0.4) is 0 Å². The van der Waals surface area contributed by atoms with Crippen LogP contribution in [0.15, 0.2) is 90.1 Å². The number of allylic oxidation sites excluding steroid dienone is 1. The highest BCUT2D eigenvalue weighted by atomic mass is 16.5. The fraction of sp³-hybridized carbons (Fsp3) is 0.395. The van der Waals surface area contributed by atoms with Crippen LogP contribution in [0.4, 0.5) is 0 Å². The number of benzene rings is 2. The van der Waals surface area contributed by atoms with Gasteiger partial charge in [0.2, 0.25) is 11.8 Å². The van der Waals surface area contributed by atoms with Crippen LogP contribution in [0.1, 0.15) is 62.6 Å². The molecule has 2 heterocycles. The maximum absolute atomic E-state index is 14.0. The minimum Gasteiger partial charge on any atom is -0.507 e. The summed E-state index contributed by atoms with van der Waals surface area (Å²) in [5.74, 6) is -1.57. The molecule has 2 fully saturated rings. The summed E-state index contributed by atoms with van der Waals surface area (Å²) in [7, 11) is 0. The van der Waals surface area contributed by atoms with Crippen molar-refractivity contribution in [2.24, 2.45) is 17.8 Å². The van der Waals surface area contributed by atoms with Gasteiger partial charge in [0.25, 0.3) is 0 Å². The summed E-state index contributed by atoms with van der Waals surface area (Å²) in [6, 6.07) is 21.9. The Bertz CT molecular complexity index is 1580. The molecule has 1 saturated heterocycles. The molecular weight excluding hydrogens is 580 g/mol. The highest BCUT2D eigenvalue weighted by molar-refractivity contribution is 6.06. The number of phenolic OH excluding ortho intramolecular Hbond substituents is 1. The third-order valence-corrected chi connectivity index (χ3v) is 9.82. The lowest BCUT2D eigenvalue weighted by Crippen LogP contribution is -2.42. The average molecular weight is 623 g/mol. The molecule has 3 aromatic rings. The van der Waals surface area contributed by atoms with Crippen LogP contribution in [0.5, 0.6) is 11.5 Å². The van der Waals surface area contributed by atoms with E-state index >= 15 is 0 Å². The molecule has 1 aromatic heterocycles. The van der Waals surface area contributed by atoms with Crippen LogP contribution in [-0.4, -0.2) is 62.4 Å². The lowest BCUT2D eigenvalue weighted by atomic mass is 9.68. The van der Waals surface area contributed by atoms with E-state index in [1.54, 1.807) is 18.3 Å². The molecule has 240 valence electrons. The molecule has 1 aliphatic heterocycles. The van der Waals surface area contributed by atoms with Crippen molar-refractivity contribution in [2.75, 3.05) is 13.2 Å². The smallest absolute Gasteiger partial charge is 0.234 e. The normalized spacial score (nSPS) is 23.0. The number of aliphatic hydroxyl groups is 2. The lowest BCUT2D eigenvalue weighted by molar-refractivity contribution is -0.143. The van der Waals surface area contributed by atoms with Gasteiger partial charge in [-0.15, -0.1) is 0 Å². The molecule has 2 aliphatic carbocycles. The van der Waals surface area contributed by atoms with E-state index in [2.05, 4.69) is 4.98 Å². The number of hydrogen-bond acceptors (Lipinski definition) is 7. The number of rotatable bonds is 11. The standard InChI is InChI=1S/C38H42N2O6/c41-23-31-35(34(43)19-18-25(32-16-9-10-20-39-32)21-26-11-7-8-17-33(26)42)27(24-46-29-14-5-2-6-15-29)22-30-36(31)38(45)40(37(30)44)28-12-3-1-4-13-28/h2,5-11,14-17,20-21,28,30-31,34,36,41-43H,1,3-4,12-13,18-19,22-24H2/b25-21-/t30-,31+,34-,36-/m1/s1. The number of fused-ring (bicyclic) bond motifs is 1. The first-order valence-electron chi connectivity index (χ1n) is 16.4. The van der Waals surface area contributed by atoms with Gasteiger partial charge in [-0.05, 0) is 85.2 Å². The Kier molecular flexibility index (Phi) is 9.95. The molecule has 2 aromatic carbocycles. The first kappa shape index (κ1) is 31.7. The van der Waals surface area contributed by atoms with Crippen LogP contribution in [-0.2, 0) is 9.59 Å². The fourth-order valence-corrected chi connectivity index (χ4v) is 7.57. The Balaban J connectivity index is 1.32. The van der Waals surface area contributed by atoms with Crippen LogP contribution < -0.4 is 4.74 Å². The van der Waals surface area contributed by atoms with Gasteiger partial charge in [-0.3, -0.25) is 19.5 Å². The van der Waals surface area contributed by atoms with Crippen molar-refractivity contribution in [3.05, 3.63) is 101 Å². The fourth-order valence-electron chi connectivity index (χ4n) is 7.57. The number of imide groups is 1. The number of carbonyl (C=O) groups is 2. The molecular formula is C38H42N2O6. The average Bonchev–Trinajstić information content (AvgIpc) is 3.35. The molecule has 1 saturated carbocycles. The molecule has 4 atom stereocenters. The molecule has 0 radical (unpaired) electrons. The number of ether oxygens (including phenoxy) is 1. The first-order chi connectivity index (χ1) is 22.5. The van der Waals surface area contributed by atoms with Crippen LogP contribution in [0, 0.1) is 17.8 Å². The molecule has 3 aliphatic rings. The Labute approximate surface area is 270 Å². The molecule has 3 N–H and O–H groups in total. The Hall–Kier alpha value is -4.27. The second-order valence-electron chi connectivity index (χ2n) is 12.6. The number of likely N-dealkylation sites (tertiary alicyclic amines) is 1. The molecule has 2 amide bonds. The zero-order chi connectivity index (χ0) is 32.0. The van der Waals surface area contributed by atoms with E-state index in [1.807, 2.05) is 66.7 Å². The van der Waals surface area contributed by atoms with Gasteiger partial charge in [0.05, 0.1) is 30.2 Å². The van der Waals surface area contributed by atoms with Crippen molar-refractivity contribution in [1.29, 1.82) is 0 Å². The number of aliphatic hydroxyl groups excluding tert-OH is 2. The highest BCUT2D eigenvalue weighted by Gasteiger charge is 2.56. The number of phenols is 1. The van der Waals surface area contributed by atoms with E-state index in [0.29, 0.717) is 29.7 Å². The maximum atomic E-state index is 14.0. The summed E-state index contributed by atoms with van der Waals surface area (Å²) in [5, 5.41) is 33.2. The second-order valence-corrected chi connectivity index (χ2v) is 12.6. The minimum atomic E-state index is -1.00. The summed E-state index contributed by atoms with van der Waals surface area (Å²) in [4.78, 5) is 33.8. The largest absolute Gasteiger partial charge is 0.507 e. The van der Waals surface area contributed by atoms with Crippen molar-refractivity contribution in [3.8, 4) is 11.5 Å². The Morgan fingerprint density at radius 1 is 0.957 bits per heavy atom. The van der Waals surface area contributed by atoms with Gasteiger partial charge in [0.15, 0.2) is 0 Å². The van der Waals surface area contributed by atoms with Gasteiger partial charge >= 0.3 is 0 Å². The van der Waals surface area contributed by atoms with Gasteiger partial charge in [-0.1, -0.05) is 61.7 Å². The highest BCUT2D eigenvalue weighted by Crippen LogP contribution is 2.48. The third kappa shape index (κ3) is 6.64.